The summed E-state index contributed by atoms with van der Waals surface area (Å²) in [5.41, 5.74) is 1.21. The van der Waals surface area contributed by atoms with Crippen LogP contribution in [0.5, 0.6) is 5.75 Å². The Bertz CT molecular complexity index is 386. The minimum atomic E-state index is -0.590. The highest BCUT2D eigenvalue weighted by molar-refractivity contribution is 5.96. The molecular formula is C11H12O4. The van der Waals surface area contributed by atoms with Crippen LogP contribution in [0.3, 0.4) is 0 Å². The molecule has 4 nitrogen and oxygen atoms in total. The van der Waals surface area contributed by atoms with Crippen LogP contribution in [0.15, 0.2) is 18.2 Å². The second-order valence-electron chi connectivity index (χ2n) is 3.12. The molecule has 0 fully saturated rings. The van der Waals surface area contributed by atoms with Crippen molar-refractivity contribution < 1.29 is 19.0 Å². The first-order valence-electron chi connectivity index (χ1n) is 4.77. The Morgan fingerprint density at radius 1 is 1.47 bits per heavy atom. The van der Waals surface area contributed by atoms with E-state index < -0.39 is 6.29 Å². The van der Waals surface area contributed by atoms with Gasteiger partial charge in [-0.25, -0.2) is 4.79 Å². The second-order valence-corrected chi connectivity index (χ2v) is 3.12. The summed E-state index contributed by atoms with van der Waals surface area (Å²) in [4.78, 5) is 11.5. The number of carbonyl (C=O) groups excluding carboxylic acids is 1. The molecule has 15 heavy (non-hydrogen) atoms. The van der Waals surface area contributed by atoms with Crippen LogP contribution in [0.25, 0.3) is 0 Å². The van der Waals surface area contributed by atoms with Crippen molar-refractivity contribution >= 4 is 5.97 Å². The number of hydrogen-bond donors (Lipinski definition) is 0. The van der Waals surface area contributed by atoms with E-state index in [1.807, 2.05) is 19.1 Å². The van der Waals surface area contributed by atoms with Crippen LogP contribution in [0.4, 0.5) is 0 Å². The van der Waals surface area contributed by atoms with Crippen molar-refractivity contribution in [1.29, 1.82) is 0 Å². The van der Waals surface area contributed by atoms with Gasteiger partial charge in [0.1, 0.15) is 11.3 Å². The zero-order valence-corrected chi connectivity index (χ0v) is 8.65. The maximum absolute atomic E-state index is 11.5. The highest BCUT2D eigenvalue weighted by atomic mass is 16.7. The molecule has 0 amide bonds. The van der Waals surface area contributed by atoms with E-state index in [0.29, 0.717) is 17.9 Å². The van der Waals surface area contributed by atoms with Crippen molar-refractivity contribution in [1.82, 2.24) is 0 Å². The van der Waals surface area contributed by atoms with Crippen LogP contribution in [-0.2, 0) is 9.47 Å². The molecule has 1 aliphatic rings. The average Bonchev–Trinajstić information content (AvgIpc) is 2.57. The van der Waals surface area contributed by atoms with Gasteiger partial charge >= 0.3 is 5.97 Å². The molecule has 2 rings (SSSR count). The molecule has 0 bridgehead atoms. The highest BCUT2D eigenvalue weighted by Gasteiger charge is 2.34. The molecule has 80 valence electrons. The normalized spacial score (nSPS) is 18.5. The Labute approximate surface area is 87.8 Å². The molecule has 1 heterocycles. The molecule has 0 spiro atoms. The van der Waals surface area contributed by atoms with E-state index in [1.54, 1.807) is 6.07 Å². The zero-order chi connectivity index (χ0) is 10.8. The molecule has 1 aromatic carbocycles. The molecule has 0 saturated carbocycles. The van der Waals surface area contributed by atoms with Gasteiger partial charge in [0.05, 0.1) is 7.11 Å². The summed E-state index contributed by atoms with van der Waals surface area (Å²) in [6, 6.07) is 5.35. The van der Waals surface area contributed by atoms with Gasteiger partial charge in [-0.3, -0.25) is 0 Å². The van der Waals surface area contributed by atoms with Crippen molar-refractivity contribution in [2.75, 3.05) is 13.7 Å². The van der Waals surface area contributed by atoms with Crippen molar-refractivity contribution in [3.63, 3.8) is 0 Å². The van der Waals surface area contributed by atoms with E-state index in [2.05, 4.69) is 0 Å². The lowest BCUT2D eigenvalue weighted by molar-refractivity contribution is -0.0993. The number of rotatable bonds is 3. The fraction of sp³-hybridized carbons (Fsp3) is 0.364. The van der Waals surface area contributed by atoms with Crippen LogP contribution in [0, 0.1) is 0 Å². The molecule has 0 aromatic heterocycles. The second kappa shape index (κ2) is 3.90. The summed E-state index contributed by atoms with van der Waals surface area (Å²) in [5, 5.41) is 0. The lowest BCUT2D eigenvalue weighted by atomic mass is 10.1. The van der Waals surface area contributed by atoms with Crippen molar-refractivity contribution in [3.05, 3.63) is 29.3 Å². The number of esters is 1. The van der Waals surface area contributed by atoms with Gasteiger partial charge in [0.15, 0.2) is 0 Å². The standard InChI is InChI=1S/C11H12O4/c1-3-14-11-7-5-4-6-8(13-2)9(7)10(12)15-11/h4-6,11H,3H2,1-2H3/t11-/m0/s1. The summed E-state index contributed by atoms with van der Waals surface area (Å²) < 4.78 is 15.5. The molecule has 0 saturated heterocycles. The monoisotopic (exact) mass is 208 g/mol. The number of carbonyl (C=O) groups is 1. The minimum Gasteiger partial charge on any atom is -0.496 e. The van der Waals surface area contributed by atoms with Gasteiger partial charge in [0.25, 0.3) is 0 Å². The van der Waals surface area contributed by atoms with Crippen LogP contribution in [0.2, 0.25) is 0 Å². The molecule has 0 aliphatic carbocycles. The number of fused-ring (bicyclic) bond motifs is 1. The third-order valence-corrected chi connectivity index (χ3v) is 2.27. The highest BCUT2D eigenvalue weighted by Crippen LogP contribution is 2.36. The number of methoxy groups -OCH3 is 1. The molecule has 0 N–H and O–H groups in total. The number of benzene rings is 1. The topological polar surface area (TPSA) is 44.8 Å². The lowest BCUT2D eigenvalue weighted by Gasteiger charge is -2.09. The number of hydrogen-bond acceptors (Lipinski definition) is 4. The fourth-order valence-electron chi connectivity index (χ4n) is 1.63. The Morgan fingerprint density at radius 3 is 2.93 bits per heavy atom. The Kier molecular flexibility index (Phi) is 2.60. The van der Waals surface area contributed by atoms with Crippen LogP contribution in [-0.4, -0.2) is 19.7 Å². The maximum atomic E-state index is 11.5. The third-order valence-electron chi connectivity index (χ3n) is 2.27. The largest absolute Gasteiger partial charge is 0.496 e. The van der Waals surface area contributed by atoms with E-state index in [-0.39, 0.29) is 5.97 Å². The van der Waals surface area contributed by atoms with Gasteiger partial charge in [-0.15, -0.1) is 0 Å². The van der Waals surface area contributed by atoms with Crippen molar-refractivity contribution in [2.24, 2.45) is 0 Å². The molecule has 0 radical (unpaired) electrons. The van der Waals surface area contributed by atoms with E-state index >= 15 is 0 Å². The van der Waals surface area contributed by atoms with Crippen LogP contribution >= 0.6 is 0 Å². The molecule has 1 aliphatic heterocycles. The van der Waals surface area contributed by atoms with Gasteiger partial charge in [0, 0.05) is 12.2 Å². The zero-order valence-electron chi connectivity index (χ0n) is 8.65. The Morgan fingerprint density at radius 2 is 2.27 bits per heavy atom. The summed E-state index contributed by atoms with van der Waals surface area (Å²) in [6.45, 7) is 2.35. The molecular weight excluding hydrogens is 196 g/mol. The fourth-order valence-corrected chi connectivity index (χ4v) is 1.63. The number of ether oxygens (including phenoxy) is 3. The minimum absolute atomic E-state index is 0.388. The maximum Gasteiger partial charge on any atom is 0.345 e. The molecule has 1 aromatic rings. The SMILES string of the molecule is CCO[C@H]1OC(=O)c2c(OC)cccc21. The lowest BCUT2D eigenvalue weighted by Crippen LogP contribution is -2.03. The summed E-state index contributed by atoms with van der Waals surface area (Å²) >= 11 is 0. The Balaban J connectivity index is 2.44. The van der Waals surface area contributed by atoms with E-state index in [0.717, 1.165) is 5.56 Å². The van der Waals surface area contributed by atoms with E-state index in [4.69, 9.17) is 14.2 Å². The number of cyclic esters (lactones) is 1. The van der Waals surface area contributed by atoms with E-state index in [1.165, 1.54) is 7.11 Å². The van der Waals surface area contributed by atoms with Gasteiger partial charge < -0.3 is 14.2 Å². The predicted octanol–water partition coefficient (Wildman–Crippen LogP) is 1.90. The van der Waals surface area contributed by atoms with Gasteiger partial charge in [-0.05, 0) is 13.0 Å². The first kappa shape index (κ1) is 9.98. The first-order valence-corrected chi connectivity index (χ1v) is 4.77. The van der Waals surface area contributed by atoms with Gasteiger partial charge in [0.2, 0.25) is 6.29 Å². The smallest absolute Gasteiger partial charge is 0.345 e. The quantitative estimate of drug-likeness (QED) is 0.711. The molecule has 4 heteroatoms. The van der Waals surface area contributed by atoms with Crippen molar-refractivity contribution in [3.8, 4) is 5.75 Å². The summed E-state index contributed by atoms with van der Waals surface area (Å²) in [6.07, 6.45) is -0.590. The average molecular weight is 208 g/mol. The van der Waals surface area contributed by atoms with E-state index in [9.17, 15) is 4.79 Å². The van der Waals surface area contributed by atoms with Gasteiger partial charge in [-0.2, -0.15) is 0 Å². The van der Waals surface area contributed by atoms with Crippen LogP contribution in [0.1, 0.15) is 29.1 Å². The Hall–Kier alpha value is -1.55. The predicted molar refractivity (Wildman–Crippen MR) is 52.8 cm³/mol. The first-order chi connectivity index (χ1) is 7.27. The van der Waals surface area contributed by atoms with Crippen LogP contribution < -0.4 is 4.74 Å². The molecule has 0 unspecified atom stereocenters. The third kappa shape index (κ3) is 1.57. The van der Waals surface area contributed by atoms with Gasteiger partial charge in [-0.1, -0.05) is 12.1 Å². The summed E-state index contributed by atoms with van der Waals surface area (Å²) in [7, 11) is 1.52. The van der Waals surface area contributed by atoms with Crippen molar-refractivity contribution in [2.45, 2.75) is 13.2 Å². The summed E-state index contributed by atoms with van der Waals surface area (Å²) in [5.74, 6) is 0.139. The molecule has 1 atom stereocenters.